The van der Waals surface area contributed by atoms with Crippen molar-refractivity contribution in [3.63, 3.8) is 0 Å². The fourth-order valence-electron chi connectivity index (χ4n) is 4.48. The maximum Gasteiger partial charge on any atom is 0.268 e. The summed E-state index contributed by atoms with van der Waals surface area (Å²) >= 11 is 0. The molecule has 184 valence electrons. The van der Waals surface area contributed by atoms with E-state index in [-0.39, 0.29) is 36.7 Å². The van der Waals surface area contributed by atoms with Gasteiger partial charge in [0.15, 0.2) is 0 Å². The van der Waals surface area contributed by atoms with Gasteiger partial charge in [0.25, 0.3) is 5.91 Å². The van der Waals surface area contributed by atoms with E-state index in [0.29, 0.717) is 24.5 Å². The molecule has 1 atom stereocenters. The normalized spacial score (nSPS) is 17.3. The monoisotopic (exact) mass is 476 g/mol. The molecule has 0 spiro atoms. The molecule has 2 heterocycles. The molecule has 1 aliphatic heterocycles. The largest absolute Gasteiger partial charge is 0.497 e. The Kier molecular flexibility index (Phi) is 8.03. The molecule has 0 aliphatic carbocycles. The summed E-state index contributed by atoms with van der Waals surface area (Å²) in [6, 6.07) is 16.5. The summed E-state index contributed by atoms with van der Waals surface area (Å²) < 4.78 is 5.24. The van der Waals surface area contributed by atoms with Crippen molar-refractivity contribution in [1.29, 1.82) is 0 Å². The van der Waals surface area contributed by atoms with Crippen molar-refractivity contribution in [3.8, 4) is 5.75 Å². The molecule has 8 heteroatoms. The molecule has 4 rings (SSSR count). The van der Waals surface area contributed by atoms with E-state index in [2.05, 4.69) is 15.6 Å². The van der Waals surface area contributed by atoms with E-state index in [0.717, 1.165) is 42.1 Å². The van der Waals surface area contributed by atoms with Gasteiger partial charge < -0.3 is 25.3 Å². The summed E-state index contributed by atoms with van der Waals surface area (Å²) in [5.74, 6) is 0.0468. The number of ether oxygens (including phenoxy) is 1. The maximum atomic E-state index is 13.4. The molecular weight excluding hydrogens is 444 g/mol. The second-order valence-corrected chi connectivity index (χ2v) is 8.80. The Balaban J connectivity index is 1.49. The number of nitrogens with zero attached hydrogens (tertiary/aromatic N) is 1. The number of carbonyl (C=O) groups excluding carboxylic acids is 3. The lowest BCUT2D eigenvalue weighted by Crippen LogP contribution is -2.44. The van der Waals surface area contributed by atoms with Crippen LogP contribution >= 0.6 is 0 Å². The number of fused-ring (bicyclic) bond motifs is 1. The third kappa shape index (κ3) is 6.20. The van der Waals surface area contributed by atoms with Crippen LogP contribution in [0.25, 0.3) is 10.9 Å². The van der Waals surface area contributed by atoms with Crippen molar-refractivity contribution in [3.05, 3.63) is 65.9 Å². The van der Waals surface area contributed by atoms with E-state index in [1.54, 1.807) is 18.1 Å². The first-order chi connectivity index (χ1) is 17.0. The highest BCUT2D eigenvalue weighted by atomic mass is 16.5. The molecule has 1 saturated heterocycles. The number of hydrogen-bond acceptors (Lipinski definition) is 4. The first kappa shape index (κ1) is 24.3. The lowest BCUT2D eigenvalue weighted by atomic mass is 10.0. The number of benzene rings is 2. The first-order valence-corrected chi connectivity index (χ1v) is 12.1. The average molecular weight is 477 g/mol. The Bertz CT molecular complexity index is 1170. The van der Waals surface area contributed by atoms with Gasteiger partial charge in [0.05, 0.1) is 26.1 Å². The van der Waals surface area contributed by atoms with Crippen LogP contribution < -0.4 is 15.4 Å². The highest BCUT2D eigenvalue weighted by Crippen LogP contribution is 2.26. The van der Waals surface area contributed by atoms with Crippen LogP contribution in [-0.2, 0) is 9.59 Å². The van der Waals surface area contributed by atoms with E-state index in [1.165, 1.54) is 0 Å². The maximum absolute atomic E-state index is 13.4. The predicted molar refractivity (Wildman–Crippen MR) is 134 cm³/mol. The van der Waals surface area contributed by atoms with Crippen molar-refractivity contribution >= 4 is 28.6 Å². The van der Waals surface area contributed by atoms with Crippen LogP contribution in [0.15, 0.2) is 54.6 Å². The molecule has 35 heavy (non-hydrogen) atoms. The van der Waals surface area contributed by atoms with Crippen molar-refractivity contribution in [2.24, 2.45) is 0 Å². The Morgan fingerprint density at radius 1 is 1.06 bits per heavy atom. The SMILES string of the molecule is COc1ccc2cc(C(=O)NCC(=O)N3CCCCCCNC(=O)CC3c3ccccc3)[nH]c2c1. The third-order valence-electron chi connectivity index (χ3n) is 6.38. The second-order valence-electron chi connectivity index (χ2n) is 8.80. The predicted octanol–water partition coefficient (Wildman–Crippen LogP) is 3.56. The molecule has 3 amide bonds. The molecule has 1 aromatic heterocycles. The van der Waals surface area contributed by atoms with Gasteiger partial charge in [-0.3, -0.25) is 14.4 Å². The van der Waals surface area contributed by atoms with Gasteiger partial charge in [0.1, 0.15) is 11.4 Å². The summed E-state index contributed by atoms with van der Waals surface area (Å²) in [7, 11) is 1.59. The summed E-state index contributed by atoms with van der Waals surface area (Å²) in [6.45, 7) is 1.04. The fraction of sp³-hybridized carbons (Fsp3) is 0.370. The van der Waals surface area contributed by atoms with Crippen molar-refractivity contribution < 1.29 is 19.1 Å². The molecule has 2 aromatic carbocycles. The van der Waals surface area contributed by atoms with Gasteiger partial charge in [-0.15, -0.1) is 0 Å². The van der Waals surface area contributed by atoms with E-state index in [4.69, 9.17) is 4.74 Å². The van der Waals surface area contributed by atoms with Gasteiger partial charge in [0, 0.05) is 30.1 Å². The number of aromatic nitrogens is 1. The van der Waals surface area contributed by atoms with Crippen LogP contribution in [0.5, 0.6) is 5.75 Å². The number of nitrogens with one attached hydrogen (secondary N) is 3. The average Bonchev–Trinajstić information content (AvgIpc) is 3.30. The number of rotatable bonds is 5. The van der Waals surface area contributed by atoms with E-state index < -0.39 is 0 Å². The fourth-order valence-corrected chi connectivity index (χ4v) is 4.48. The topological polar surface area (TPSA) is 104 Å². The third-order valence-corrected chi connectivity index (χ3v) is 6.38. The van der Waals surface area contributed by atoms with E-state index in [9.17, 15) is 14.4 Å². The summed E-state index contributed by atoms with van der Waals surface area (Å²) in [5, 5.41) is 6.60. The molecule has 1 fully saturated rings. The Morgan fingerprint density at radius 2 is 1.86 bits per heavy atom. The zero-order valence-electron chi connectivity index (χ0n) is 20.0. The van der Waals surface area contributed by atoms with Crippen molar-refractivity contribution in [2.45, 2.75) is 38.1 Å². The molecule has 8 nitrogen and oxygen atoms in total. The smallest absolute Gasteiger partial charge is 0.268 e. The van der Waals surface area contributed by atoms with Gasteiger partial charge in [-0.1, -0.05) is 43.2 Å². The molecule has 3 aromatic rings. The number of methoxy groups -OCH3 is 1. The minimum Gasteiger partial charge on any atom is -0.497 e. The minimum atomic E-state index is -0.390. The van der Waals surface area contributed by atoms with Gasteiger partial charge in [-0.2, -0.15) is 0 Å². The van der Waals surface area contributed by atoms with Gasteiger partial charge in [-0.25, -0.2) is 0 Å². The lowest BCUT2D eigenvalue weighted by Gasteiger charge is -2.32. The number of amides is 3. The molecule has 0 radical (unpaired) electrons. The van der Waals surface area contributed by atoms with Crippen LogP contribution in [-0.4, -0.2) is 54.3 Å². The number of hydrogen-bond donors (Lipinski definition) is 3. The Labute approximate surface area is 205 Å². The molecule has 0 saturated carbocycles. The highest BCUT2D eigenvalue weighted by molar-refractivity contribution is 5.99. The molecule has 1 aliphatic rings. The van der Waals surface area contributed by atoms with Gasteiger partial charge in [-0.05, 0) is 36.6 Å². The van der Waals surface area contributed by atoms with Gasteiger partial charge in [0.2, 0.25) is 11.8 Å². The molecular formula is C27H32N4O4. The Morgan fingerprint density at radius 3 is 2.66 bits per heavy atom. The zero-order chi connectivity index (χ0) is 24.6. The molecule has 3 N–H and O–H groups in total. The van der Waals surface area contributed by atoms with Crippen LogP contribution in [0.2, 0.25) is 0 Å². The number of aromatic amines is 1. The summed E-state index contributed by atoms with van der Waals surface area (Å²) in [5.41, 5.74) is 2.06. The first-order valence-electron chi connectivity index (χ1n) is 12.1. The van der Waals surface area contributed by atoms with Crippen molar-refractivity contribution in [2.75, 3.05) is 26.7 Å². The van der Waals surface area contributed by atoms with Crippen LogP contribution in [0.4, 0.5) is 0 Å². The quantitative estimate of drug-likeness (QED) is 0.524. The number of H-pyrrole nitrogens is 1. The van der Waals surface area contributed by atoms with E-state index >= 15 is 0 Å². The van der Waals surface area contributed by atoms with Crippen LogP contribution in [0.1, 0.15) is 54.2 Å². The minimum absolute atomic E-state index is 0.0731. The lowest BCUT2D eigenvalue weighted by molar-refractivity contribution is -0.134. The van der Waals surface area contributed by atoms with Crippen molar-refractivity contribution in [1.82, 2.24) is 20.5 Å². The zero-order valence-corrected chi connectivity index (χ0v) is 20.0. The Hall–Kier alpha value is -3.81. The van der Waals surface area contributed by atoms with Crippen LogP contribution in [0.3, 0.4) is 0 Å². The summed E-state index contributed by atoms with van der Waals surface area (Å²) in [4.78, 5) is 43.6. The highest BCUT2D eigenvalue weighted by Gasteiger charge is 2.28. The molecule has 1 unspecified atom stereocenters. The number of carbonyl (C=O) groups is 3. The van der Waals surface area contributed by atoms with Crippen LogP contribution in [0, 0.1) is 0 Å². The standard InChI is InChI=1S/C27H32N4O4/c1-35-21-12-11-20-15-23(30-22(20)16-21)27(34)29-18-26(33)31-14-8-3-2-7-13-28-25(32)17-24(31)19-9-5-4-6-10-19/h4-6,9-12,15-16,24,30H,2-3,7-8,13-14,17-18H2,1H3,(H,28,32)(H,29,34). The van der Waals surface area contributed by atoms with Gasteiger partial charge >= 0.3 is 0 Å². The van der Waals surface area contributed by atoms with E-state index in [1.807, 2.05) is 48.5 Å². The summed E-state index contributed by atoms with van der Waals surface area (Å²) in [6.07, 6.45) is 3.95. The molecule has 0 bridgehead atoms. The second kappa shape index (κ2) is 11.6.